The number of benzene rings is 2. The van der Waals surface area contributed by atoms with E-state index in [1.54, 1.807) is 10.8 Å². The maximum absolute atomic E-state index is 13.8. The van der Waals surface area contributed by atoms with Crippen LogP contribution in [0.5, 0.6) is 0 Å². The van der Waals surface area contributed by atoms with Crippen molar-refractivity contribution < 1.29 is 0 Å². The second kappa shape index (κ2) is 8.96. The van der Waals surface area contributed by atoms with Gasteiger partial charge in [0.05, 0.1) is 22.9 Å². The molecule has 1 fully saturated rings. The van der Waals surface area contributed by atoms with E-state index in [1.165, 1.54) is 5.56 Å². The minimum absolute atomic E-state index is 0.0352. The Bertz CT molecular complexity index is 1540. The summed E-state index contributed by atoms with van der Waals surface area (Å²) in [6.07, 6.45) is 4.53. The molecular formula is C29H27N5O. The van der Waals surface area contributed by atoms with Crippen LogP contribution in [0.25, 0.3) is 28.0 Å². The first-order valence-electron chi connectivity index (χ1n) is 12.1. The molecule has 0 aliphatic carbocycles. The number of hydrogen-bond acceptors (Lipinski definition) is 4. The lowest BCUT2D eigenvalue weighted by Crippen LogP contribution is -2.29. The molecule has 0 amide bonds. The Balaban J connectivity index is 1.34. The molecule has 0 radical (unpaired) electrons. The zero-order valence-corrected chi connectivity index (χ0v) is 19.7. The van der Waals surface area contributed by atoms with Crippen LogP contribution < -0.4 is 5.69 Å². The molecule has 1 aliphatic heterocycles. The molecule has 4 heterocycles. The van der Waals surface area contributed by atoms with Crippen LogP contribution >= 0.6 is 0 Å². The first-order chi connectivity index (χ1) is 17.2. The van der Waals surface area contributed by atoms with Crippen LogP contribution in [0.1, 0.15) is 23.7 Å². The van der Waals surface area contributed by atoms with Crippen molar-refractivity contribution in [3.05, 3.63) is 113 Å². The minimum Gasteiger partial charge on any atom is -0.295 e. The predicted octanol–water partition coefficient (Wildman–Crippen LogP) is 5.00. The van der Waals surface area contributed by atoms with Gasteiger partial charge >= 0.3 is 5.69 Å². The molecule has 3 aromatic heterocycles. The summed E-state index contributed by atoms with van der Waals surface area (Å²) >= 11 is 0. The fourth-order valence-electron chi connectivity index (χ4n) is 5.12. The molecular weight excluding hydrogens is 434 g/mol. The number of likely N-dealkylation sites (tertiary alicyclic amines) is 1. The summed E-state index contributed by atoms with van der Waals surface area (Å²) in [5, 5.41) is 0. The molecule has 2 aromatic carbocycles. The summed E-state index contributed by atoms with van der Waals surface area (Å²) in [6.45, 7) is 4.63. The largest absolute Gasteiger partial charge is 0.335 e. The molecule has 1 aliphatic rings. The van der Waals surface area contributed by atoms with Crippen LogP contribution in [0, 0.1) is 6.92 Å². The Labute approximate surface area is 204 Å². The molecule has 6 nitrogen and oxygen atoms in total. The van der Waals surface area contributed by atoms with E-state index in [-0.39, 0.29) is 11.7 Å². The summed E-state index contributed by atoms with van der Waals surface area (Å²) in [5.74, 6) is 0. The Hall–Kier alpha value is -4.03. The highest BCUT2D eigenvalue weighted by atomic mass is 16.2. The molecule has 6 heteroatoms. The molecule has 0 saturated carbocycles. The van der Waals surface area contributed by atoms with Crippen molar-refractivity contribution in [2.75, 3.05) is 13.1 Å². The Morgan fingerprint density at radius 3 is 2.40 bits per heavy atom. The van der Waals surface area contributed by atoms with Gasteiger partial charge in [-0.2, -0.15) is 0 Å². The molecule has 174 valence electrons. The van der Waals surface area contributed by atoms with E-state index in [2.05, 4.69) is 52.1 Å². The summed E-state index contributed by atoms with van der Waals surface area (Å²) in [5.41, 5.74) is 6.97. The van der Waals surface area contributed by atoms with E-state index in [0.717, 1.165) is 59.7 Å². The van der Waals surface area contributed by atoms with Gasteiger partial charge in [0, 0.05) is 32.0 Å². The molecule has 6 rings (SSSR count). The first kappa shape index (κ1) is 21.5. The highest BCUT2D eigenvalue weighted by Crippen LogP contribution is 2.27. The van der Waals surface area contributed by atoms with E-state index < -0.39 is 0 Å². The number of rotatable bonds is 5. The zero-order valence-electron chi connectivity index (χ0n) is 19.7. The van der Waals surface area contributed by atoms with Crippen molar-refractivity contribution in [3.63, 3.8) is 0 Å². The molecule has 1 unspecified atom stereocenters. The number of aromatic nitrogens is 4. The second-order valence-electron chi connectivity index (χ2n) is 9.19. The van der Waals surface area contributed by atoms with E-state index >= 15 is 0 Å². The highest BCUT2D eigenvalue weighted by molar-refractivity contribution is 5.75. The summed E-state index contributed by atoms with van der Waals surface area (Å²) in [7, 11) is 0. The Morgan fingerprint density at radius 1 is 0.857 bits per heavy atom. The number of imidazole rings is 1. The minimum atomic E-state index is -0.0352. The smallest absolute Gasteiger partial charge is 0.295 e. The summed E-state index contributed by atoms with van der Waals surface area (Å²) < 4.78 is 3.69. The summed E-state index contributed by atoms with van der Waals surface area (Å²) in [4.78, 5) is 25.4. The highest BCUT2D eigenvalue weighted by Gasteiger charge is 2.29. The van der Waals surface area contributed by atoms with Crippen LogP contribution in [0.15, 0.2) is 96.1 Å². The van der Waals surface area contributed by atoms with Gasteiger partial charge in [0.15, 0.2) is 5.65 Å². The molecule has 0 bridgehead atoms. The van der Waals surface area contributed by atoms with Gasteiger partial charge in [0.1, 0.15) is 0 Å². The van der Waals surface area contributed by atoms with E-state index in [9.17, 15) is 4.79 Å². The number of fused-ring (bicyclic) bond motifs is 1. The van der Waals surface area contributed by atoms with Crippen molar-refractivity contribution in [3.8, 4) is 16.8 Å². The number of hydrogen-bond donors (Lipinski definition) is 0. The molecule has 1 saturated heterocycles. The van der Waals surface area contributed by atoms with Crippen molar-refractivity contribution >= 4 is 11.2 Å². The maximum Gasteiger partial charge on any atom is 0.335 e. The molecule has 35 heavy (non-hydrogen) atoms. The Kier molecular flexibility index (Phi) is 5.51. The maximum atomic E-state index is 13.8. The fourth-order valence-corrected chi connectivity index (χ4v) is 5.12. The predicted molar refractivity (Wildman–Crippen MR) is 139 cm³/mol. The molecule has 0 N–H and O–H groups in total. The van der Waals surface area contributed by atoms with Crippen molar-refractivity contribution in [2.45, 2.75) is 25.9 Å². The fraction of sp³-hybridized carbons (Fsp3) is 0.207. The van der Waals surface area contributed by atoms with Crippen molar-refractivity contribution in [1.82, 2.24) is 24.0 Å². The monoisotopic (exact) mass is 461 g/mol. The Morgan fingerprint density at radius 2 is 1.60 bits per heavy atom. The third-order valence-corrected chi connectivity index (χ3v) is 6.97. The normalized spacial score (nSPS) is 16.2. The molecule has 1 atom stereocenters. The standard InChI is InChI=1S/C29H27N5O/c1-21-7-5-16-30-26(21)20-32-18-15-25(19-32)34-28-27(10-6-17-31-28)33(29(34)35)24-13-11-23(12-14-24)22-8-3-2-4-9-22/h2-14,16-17,25H,15,18-20H2,1H3. The van der Waals surface area contributed by atoms with E-state index in [1.807, 2.05) is 59.3 Å². The number of pyridine rings is 2. The van der Waals surface area contributed by atoms with Gasteiger partial charge in [-0.05, 0) is 60.4 Å². The quantitative estimate of drug-likeness (QED) is 0.369. The third kappa shape index (κ3) is 3.96. The summed E-state index contributed by atoms with van der Waals surface area (Å²) in [6, 6.07) is 26.5. The lowest BCUT2D eigenvalue weighted by molar-refractivity contribution is 0.311. The van der Waals surface area contributed by atoms with Crippen LogP contribution in [0.2, 0.25) is 0 Å². The molecule has 5 aromatic rings. The van der Waals surface area contributed by atoms with Crippen molar-refractivity contribution in [1.29, 1.82) is 0 Å². The topological polar surface area (TPSA) is 56.0 Å². The van der Waals surface area contributed by atoms with Crippen LogP contribution in [0.3, 0.4) is 0 Å². The van der Waals surface area contributed by atoms with Crippen molar-refractivity contribution in [2.24, 2.45) is 0 Å². The SMILES string of the molecule is Cc1cccnc1CN1CCC(n2c(=O)n(-c3ccc(-c4ccccc4)cc3)c3cccnc32)C1. The van der Waals surface area contributed by atoms with Gasteiger partial charge in [-0.25, -0.2) is 9.78 Å². The average Bonchev–Trinajstić information content (AvgIpc) is 3.47. The lowest BCUT2D eigenvalue weighted by atomic mass is 10.1. The van der Waals surface area contributed by atoms with Gasteiger partial charge in [-0.1, -0.05) is 48.5 Å². The second-order valence-corrected chi connectivity index (χ2v) is 9.19. The number of nitrogens with zero attached hydrogens (tertiary/aromatic N) is 5. The van der Waals surface area contributed by atoms with Gasteiger partial charge in [-0.15, -0.1) is 0 Å². The zero-order chi connectivity index (χ0) is 23.8. The average molecular weight is 462 g/mol. The van der Waals surface area contributed by atoms with Crippen LogP contribution in [-0.2, 0) is 6.54 Å². The number of aryl methyl sites for hydroxylation is 1. The van der Waals surface area contributed by atoms with Gasteiger partial charge < -0.3 is 0 Å². The van der Waals surface area contributed by atoms with Crippen LogP contribution in [0.4, 0.5) is 0 Å². The first-order valence-corrected chi connectivity index (χ1v) is 12.1. The van der Waals surface area contributed by atoms with Gasteiger partial charge in [0.25, 0.3) is 0 Å². The van der Waals surface area contributed by atoms with Gasteiger partial charge in [0.2, 0.25) is 0 Å². The van der Waals surface area contributed by atoms with Crippen LogP contribution in [-0.4, -0.2) is 37.1 Å². The third-order valence-electron chi connectivity index (χ3n) is 6.97. The van der Waals surface area contributed by atoms with E-state index in [4.69, 9.17) is 0 Å². The van der Waals surface area contributed by atoms with Gasteiger partial charge in [-0.3, -0.25) is 19.0 Å². The lowest BCUT2D eigenvalue weighted by Gasteiger charge is -2.17. The molecule has 0 spiro atoms. The van der Waals surface area contributed by atoms with E-state index in [0.29, 0.717) is 0 Å².